The van der Waals surface area contributed by atoms with Gasteiger partial charge in [-0.15, -0.1) is 0 Å². The lowest BCUT2D eigenvalue weighted by Gasteiger charge is -2.34. The van der Waals surface area contributed by atoms with Crippen molar-refractivity contribution in [1.82, 2.24) is 4.90 Å². The summed E-state index contributed by atoms with van der Waals surface area (Å²) in [4.78, 5) is 2.29. The van der Waals surface area contributed by atoms with E-state index >= 15 is 0 Å². The number of ether oxygens (including phenoxy) is 1. The van der Waals surface area contributed by atoms with Crippen molar-refractivity contribution >= 4 is 15.9 Å². The van der Waals surface area contributed by atoms with Gasteiger partial charge in [-0.25, -0.2) is 0 Å². The quantitative estimate of drug-likeness (QED) is 0.928. The fraction of sp³-hybridized carbons (Fsp3) is 0.538. The summed E-state index contributed by atoms with van der Waals surface area (Å²) in [6.45, 7) is 5.52. The summed E-state index contributed by atoms with van der Waals surface area (Å²) < 4.78 is 6.41. The molecule has 2 rings (SSSR count). The molecule has 1 aliphatic rings. The average Bonchev–Trinajstić information content (AvgIpc) is 2.36. The van der Waals surface area contributed by atoms with Crippen LogP contribution in [0.3, 0.4) is 0 Å². The van der Waals surface area contributed by atoms with E-state index in [4.69, 9.17) is 4.74 Å². The van der Waals surface area contributed by atoms with Crippen molar-refractivity contribution in [3.8, 4) is 0 Å². The maximum absolute atomic E-state index is 9.65. The molecule has 1 N–H and O–H groups in total. The third-order valence-electron chi connectivity index (χ3n) is 3.26. The van der Waals surface area contributed by atoms with Gasteiger partial charge in [0.15, 0.2) is 0 Å². The van der Waals surface area contributed by atoms with Gasteiger partial charge in [0.05, 0.1) is 25.9 Å². The van der Waals surface area contributed by atoms with Crippen LogP contribution in [0.5, 0.6) is 0 Å². The molecule has 1 heterocycles. The minimum Gasteiger partial charge on any atom is -0.394 e. The van der Waals surface area contributed by atoms with Crippen molar-refractivity contribution in [2.75, 3.05) is 32.9 Å². The average molecular weight is 300 g/mol. The Balaban J connectivity index is 2.24. The minimum atomic E-state index is 0.0800. The van der Waals surface area contributed by atoms with E-state index < -0.39 is 0 Å². The summed E-state index contributed by atoms with van der Waals surface area (Å²) in [5.74, 6) is 0. The van der Waals surface area contributed by atoms with Gasteiger partial charge in [0.1, 0.15) is 0 Å². The molecule has 1 aromatic carbocycles. The highest BCUT2D eigenvalue weighted by molar-refractivity contribution is 9.10. The lowest BCUT2D eigenvalue weighted by molar-refractivity contribution is 0.00242. The third kappa shape index (κ3) is 3.07. The molecule has 94 valence electrons. The molecule has 1 fully saturated rings. The van der Waals surface area contributed by atoms with Crippen LogP contribution >= 0.6 is 15.9 Å². The predicted octanol–water partition coefficient (Wildman–Crippen LogP) is 2.12. The summed E-state index contributed by atoms with van der Waals surface area (Å²) in [5.41, 5.74) is 2.42. The molecular weight excluding hydrogens is 282 g/mol. The number of rotatable bonds is 3. The van der Waals surface area contributed by atoms with Gasteiger partial charge in [-0.1, -0.05) is 22.0 Å². The van der Waals surface area contributed by atoms with E-state index in [9.17, 15) is 5.11 Å². The highest BCUT2D eigenvalue weighted by Gasteiger charge is 2.23. The fourth-order valence-electron chi connectivity index (χ4n) is 2.27. The molecule has 0 aromatic heterocycles. The lowest BCUT2D eigenvalue weighted by Crippen LogP contribution is -2.40. The first kappa shape index (κ1) is 13.0. The first-order chi connectivity index (χ1) is 8.22. The molecule has 0 bridgehead atoms. The predicted molar refractivity (Wildman–Crippen MR) is 71.1 cm³/mol. The molecule has 1 saturated heterocycles. The van der Waals surface area contributed by atoms with Crippen molar-refractivity contribution < 1.29 is 9.84 Å². The van der Waals surface area contributed by atoms with Gasteiger partial charge in [-0.05, 0) is 30.2 Å². The number of hydrogen-bond acceptors (Lipinski definition) is 3. The standard InChI is InChI=1S/C13H18BrNO2/c1-10-2-3-11(14)8-12(10)13(9-16)15-4-6-17-7-5-15/h2-3,8,13,16H,4-7,9H2,1H3. The van der Waals surface area contributed by atoms with Crippen LogP contribution in [0.25, 0.3) is 0 Å². The molecule has 1 unspecified atom stereocenters. The molecule has 1 aliphatic heterocycles. The van der Waals surface area contributed by atoms with Gasteiger partial charge in [0.25, 0.3) is 0 Å². The van der Waals surface area contributed by atoms with Gasteiger partial charge in [-0.2, -0.15) is 0 Å². The van der Waals surface area contributed by atoms with Crippen LogP contribution in [0.15, 0.2) is 22.7 Å². The Hall–Kier alpha value is -0.420. The Kier molecular flexibility index (Phi) is 4.56. The highest BCUT2D eigenvalue weighted by atomic mass is 79.9. The summed E-state index contributed by atoms with van der Waals surface area (Å²) in [6.07, 6.45) is 0. The number of hydrogen-bond donors (Lipinski definition) is 1. The monoisotopic (exact) mass is 299 g/mol. The maximum atomic E-state index is 9.65. The van der Waals surface area contributed by atoms with Gasteiger partial charge in [0.2, 0.25) is 0 Å². The molecular formula is C13H18BrNO2. The fourth-order valence-corrected chi connectivity index (χ4v) is 2.65. The zero-order chi connectivity index (χ0) is 12.3. The van der Waals surface area contributed by atoms with E-state index in [-0.39, 0.29) is 12.6 Å². The van der Waals surface area contributed by atoms with Crippen molar-refractivity contribution in [3.63, 3.8) is 0 Å². The molecule has 4 heteroatoms. The van der Waals surface area contributed by atoms with Crippen LogP contribution in [0.2, 0.25) is 0 Å². The van der Waals surface area contributed by atoms with Crippen LogP contribution < -0.4 is 0 Å². The summed E-state index contributed by atoms with van der Waals surface area (Å²) >= 11 is 3.49. The van der Waals surface area contributed by atoms with Crippen LogP contribution in [0.4, 0.5) is 0 Å². The maximum Gasteiger partial charge on any atom is 0.0628 e. The van der Waals surface area contributed by atoms with Gasteiger partial charge < -0.3 is 9.84 Å². The number of benzene rings is 1. The van der Waals surface area contributed by atoms with E-state index in [0.29, 0.717) is 0 Å². The number of morpholine rings is 1. The normalized spacial score (nSPS) is 19.2. The van der Waals surface area contributed by atoms with Gasteiger partial charge >= 0.3 is 0 Å². The molecule has 0 saturated carbocycles. The Morgan fingerprint density at radius 1 is 1.41 bits per heavy atom. The van der Waals surface area contributed by atoms with Gasteiger partial charge in [-0.3, -0.25) is 4.90 Å². The van der Waals surface area contributed by atoms with Crippen molar-refractivity contribution in [2.45, 2.75) is 13.0 Å². The molecule has 3 nitrogen and oxygen atoms in total. The Labute approximate surface area is 111 Å². The van der Waals surface area contributed by atoms with E-state index in [1.165, 1.54) is 11.1 Å². The van der Waals surface area contributed by atoms with Crippen molar-refractivity contribution in [2.24, 2.45) is 0 Å². The first-order valence-corrected chi connectivity index (χ1v) is 6.70. The smallest absolute Gasteiger partial charge is 0.0628 e. The lowest BCUT2D eigenvalue weighted by atomic mass is 10.0. The topological polar surface area (TPSA) is 32.7 Å². The largest absolute Gasteiger partial charge is 0.394 e. The van der Waals surface area contributed by atoms with Crippen LogP contribution in [0, 0.1) is 6.92 Å². The van der Waals surface area contributed by atoms with Crippen molar-refractivity contribution in [1.29, 1.82) is 0 Å². The van der Waals surface area contributed by atoms with E-state index in [1.807, 2.05) is 6.07 Å². The first-order valence-electron chi connectivity index (χ1n) is 5.91. The van der Waals surface area contributed by atoms with Gasteiger partial charge in [0, 0.05) is 17.6 Å². The number of aliphatic hydroxyl groups excluding tert-OH is 1. The highest BCUT2D eigenvalue weighted by Crippen LogP contribution is 2.27. The Bertz CT molecular complexity index is 378. The second-order valence-corrected chi connectivity index (χ2v) is 5.26. The second kappa shape index (κ2) is 5.96. The minimum absolute atomic E-state index is 0.0800. The summed E-state index contributed by atoms with van der Waals surface area (Å²) in [6, 6.07) is 6.30. The number of aryl methyl sites for hydroxylation is 1. The van der Waals surface area contributed by atoms with Crippen LogP contribution in [-0.4, -0.2) is 42.9 Å². The molecule has 17 heavy (non-hydrogen) atoms. The molecule has 1 aromatic rings. The molecule has 1 atom stereocenters. The van der Waals surface area contributed by atoms with Crippen LogP contribution in [0.1, 0.15) is 17.2 Å². The second-order valence-electron chi connectivity index (χ2n) is 4.35. The van der Waals surface area contributed by atoms with Crippen LogP contribution in [-0.2, 0) is 4.74 Å². The SMILES string of the molecule is Cc1ccc(Br)cc1C(CO)N1CCOCC1. The molecule has 0 radical (unpaired) electrons. The zero-order valence-electron chi connectivity index (χ0n) is 10.0. The molecule has 0 aliphatic carbocycles. The summed E-state index contributed by atoms with van der Waals surface area (Å²) in [5, 5.41) is 9.65. The Morgan fingerprint density at radius 2 is 2.12 bits per heavy atom. The van der Waals surface area contributed by atoms with Crippen molar-refractivity contribution in [3.05, 3.63) is 33.8 Å². The number of aliphatic hydroxyl groups is 1. The van der Waals surface area contributed by atoms with E-state index in [1.54, 1.807) is 0 Å². The Morgan fingerprint density at radius 3 is 2.76 bits per heavy atom. The van der Waals surface area contributed by atoms with E-state index in [0.717, 1.165) is 30.8 Å². The molecule has 0 amide bonds. The summed E-state index contributed by atoms with van der Waals surface area (Å²) in [7, 11) is 0. The number of nitrogens with zero attached hydrogens (tertiary/aromatic N) is 1. The zero-order valence-corrected chi connectivity index (χ0v) is 11.6. The number of halogens is 1. The molecule has 0 spiro atoms. The third-order valence-corrected chi connectivity index (χ3v) is 3.75. The van der Waals surface area contributed by atoms with E-state index in [2.05, 4.69) is 39.9 Å².